The summed E-state index contributed by atoms with van der Waals surface area (Å²) in [4.78, 5) is 6.27. The predicted molar refractivity (Wildman–Crippen MR) is 91.1 cm³/mol. The molecule has 3 nitrogen and oxygen atoms in total. The molecular weight excluding hydrogens is 312 g/mol. The van der Waals surface area contributed by atoms with Crippen LogP contribution in [0.4, 0.5) is 0 Å². The Labute approximate surface area is 136 Å². The van der Waals surface area contributed by atoms with Crippen LogP contribution in [0.1, 0.15) is 22.2 Å². The molecular formula is C17H16N2OS2. The fourth-order valence-corrected chi connectivity index (χ4v) is 3.95. The van der Waals surface area contributed by atoms with Gasteiger partial charge in [0.25, 0.3) is 0 Å². The Morgan fingerprint density at radius 3 is 2.55 bits per heavy atom. The predicted octanol–water partition coefficient (Wildman–Crippen LogP) is 3.85. The second kappa shape index (κ2) is 6.96. The average molecular weight is 328 g/mol. The van der Waals surface area contributed by atoms with Gasteiger partial charge >= 0.3 is 0 Å². The fraction of sp³-hybridized carbons (Fsp3) is 0.118. The van der Waals surface area contributed by atoms with E-state index in [2.05, 4.69) is 9.71 Å². The maximum absolute atomic E-state index is 12.6. The van der Waals surface area contributed by atoms with Gasteiger partial charge in [-0.3, -0.25) is 4.98 Å². The van der Waals surface area contributed by atoms with E-state index < -0.39 is 11.0 Å². The lowest BCUT2D eigenvalue weighted by atomic mass is 10.2. The molecule has 0 radical (unpaired) electrons. The Morgan fingerprint density at radius 1 is 1.09 bits per heavy atom. The van der Waals surface area contributed by atoms with Crippen molar-refractivity contribution < 1.29 is 4.21 Å². The molecule has 2 heterocycles. The maximum atomic E-state index is 12.6. The third-order valence-corrected chi connectivity index (χ3v) is 5.36. The standard InChI is InChI=1S/C17H16N2OS2/c1-13-7-9-14(10-8-13)22(20)19-17(16-6-4-12-21-16)15-5-2-3-11-18-15/h2-12,17,19H,1H3/t17-,22?/m1/s1. The monoisotopic (exact) mass is 328 g/mol. The molecule has 1 unspecified atom stereocenters. The largest absolute Gasteiger partial charge is 0.259 e. The Bertz CT molecular complexity index is 740. The van der Waals surface area contributed by atoms with Crippen molar-refractivity contribution in [2.24, 2.45) is 0 Å². The van der Waals surface area contributed by atoms with Crippen LogP contribution in [0.5, 0.6) is 0 Å². The lowest BCUT2D eigenvalue weighted by molar-refractivity contribution is 0.658. The molecule has 1 N–H and O–H groups in total. The van der Waals surface area contributed by atoms with Crippen LogP contribution in [0.15, 0.2) is 71.1 Å². The van der Waals surface area contributed by atoms with Crippen molar-refractivity contribution in [3.63, 3.8) is 0 Å². The molecule has 0 spiro atoms. The number of aryl methyl sites for hydroxylation is 1. The molecule has 5 heteroatoms. The van der Waals surface area contributed by atoms with E-state index in [1.807, 2.05) is 66.9 Å². The molecule has 3 rings (SSSR count). The van der Waals surface area contributed by atoms with Gasteiger partial charge in [0.2, 0.25) is 0 Å². The maximum Gasteiger partial charge on any atom is 0.125 e. The quantitative estimate of drug-likeness (QED) is 0.773. The van der Waals surface area contributed by atoms with Crippen LogP contribution >= 0.6 is 11.3 Å². The van der Waals surface area contributed by atoms with Gasteiger partial charge in [-0.1, -0.05) is 29.8 Å². The van der Waals surface area contributed by atoms with Gasteiger partial charge in [-0.05, 0) is 42.6 Å². The third-order valence-electron chi connectivity index (χ3n) is 3.27. The minimum Gasteiger partial charge on any atom is -0.259 e. The summed E-state index contributed by atoms with van der Waals surface area (Å²) in [5.41, 5.74) is 2.02. The van der Waals surface area contributed by atoms with Crippen LogP contribution in [0.3, 0.4) is 0 Å². The van der Waals surface area contributed by atoms with Crippen LogP contribution in [-0.4, -0.2) is 9.19 Å². The highest BCUT2D eigenvalue weighted by atomic mass is 32.2. The highest BCUT2D eigenvalue weighted by Gasteiger charge is 2.19. The molecule has 112 valence electrons. The zero-order valence-corrected chi connectivity index (χ0v) is 13.7. The van der Waals surface area contributed by atoms with Crippen molar-refractivity contribution in [3.8, 4) is 0 Å². The first kappa shape index (κ1) is 15.1. The lowest BCUT2D eigenvalue weighted by Crippen LogP contribution is -2.24. The first-order valence-electron chi connectivity index (χ1n) is 6.93. The van der Waals surface area contributed by atoms with Crippen molar-refractivity contribution in [3.05, 3.63) is 82.3 Å². The van der Waals surface area contributed by atoms with Gasteiger partial charge in [-0.15, -0.1) is 11.3 Å². The van der Waals surface area contributed by atoms with Gasteiger partial charge in [0.05, 0.1) is 16.6 Å². The van der Waals surface area contributed by atoms with E-state index in [9.17, 15) is 4.21 Å². The first-order chi connectivity index (χ1) is 10.7. The number of hydrogen-bond acceptors (Lipinski definition) is 3. The smallest absolute Gasteiger partial charge is 0.125 e. The van der Waals surface area contributed by atoms with Crippen molar-refractivity contribution >= 4 is 22.3 Å². The van der Waals surface area contributed by atoms with Crippen molar-refractivity contribution in [2.45, 2.75) is 17.9 Å². The molecule has 22 heavy (non-hydrogen) atoms. The number of rotatable bonds is 5. The third kappa shape index (κ3) is 3.50. The molecule has 3 aromatic rings. The van der Waals surface area contributed by atoms with E-state index in [1.165, 1.54) is 0 Å². The van der Waals surface area contributed by atoms with Crippen LogP contribution < -0.4 is 4.72 Å². The zero-order chi connectivity index (χ0) is 15.4. The van der Waals surface area contributed by atoms with Crippen LogP contribution in [0.25, 0.3) is 0 Å². The SMILES string of the molecule is Cc1ccc(S(=O)N[C@H](c2ccccn2)c2cccs2)cc1. The topological polar surface area (TPSA) is 42.0 Å². The molecule has 0 amide bonds. The Morgan fingerprint density at radius 2 is 1.91 bits per heavy atom. The van der Waals surface area contributed by atoms with E-state index in [4.69, 9.17) is 0 Å². The molecule has 0 aliphatic heterocycles. The number of hydrogen-bond donors (Lipinski definition) is 1. The summed E-state index contributed by atoms with van der Waals surface area (Å²) in [5.74, 6) is 0. The number of nitrogens with one attached hydrogen (secondary N) is 1. The molecule has 0 saturated heterocycles. The normalized spacial score (nSPS) is 13.7. The summed E-state index contributed by atoms with van der Waals surface area (Å²) >= 11 is 1.63. The number of pyridine rings is 1. The van der Waals surface area contributed by atoms with Crippen molar-refractivity contribution in [2.75, 3.05) is 0 Å². The van der Waals surface area contributed by atoms with E-state index in [0.717, 1.165) is 21.0 Å². The zero-order valence-electron chi connectivity index (χ0n) is 12.1. The van der Waals surface area contributed by atoms with Gasteiger partial charge < -0.3 is 0 Å². The Hall–Kier alpha value is -1.82. The van der Waals surface area contributed by atoms with Crippen LogP contribution in [0.2, 0.25) is 0 Å². The number of benzene rings is 1. The van der Waals surface area contributed by atoms with Gasteiger partial charge in [0.1, 0.15) is 11.0 Å². The van der Waals surface area contributed by atoms with E-state index in [-0.39, 0.29) is 6.04 Å². The molecule has 0 saturated carbocycles. The molecule has 2 atom stereocenters. The average Bonchev–Trinajstić information content (AvgIpc) is 3.08. The molecule has 1 aromatic carbocycles. The highest BCUT2D eigenvalue weighted by Crippen LogP contribution is 2.25. The molecule has 2 aromatic heterocycles. The Balaban J connectivity index is 1.87. The van der Waals surface area contributed by atoms with Crippen LogP contribution in [-0.2, 0) is 11.0 Å². The van der Waals surface area contributed by atoms with Crippen molar-refractivity contribution in [1.82, 2.24) is 9.71 Å². The van der Waals surface area contributed by atoms with E-state index in [0.29, 0.717) is 0 Å². The molecule has 0 fully saturated rings. The second-order valence-corrected chi connectivity index (χ2v) is 7.13. The number of thiophene rings is 1. The van der Waals surface area contributed by atoms with E-state index in [1.54, 1.807) is 17.5 Å². The lowest BCUT2D eigenvalue weighted by Gasteiger charge is -2.16. The summed E-state index contributed by atoms with van der Waals surface area (Å²) in [6, 6.07) is 17.3. The summed E-state index contributed by atoms with van der Waals surface area (Å²) < 4.78 is 15.8. The second-order valence-electron chi connectivity index (χ2n) is 4.90. The van der Waals surface area contributed by atoms with Crippen LogP contribution in [0, 0.1) is 6.92 Å². The minimum atomic E-state index is -1.29. The summed E-state index contributed by atoms with van der Waals surface area (Å²) in [7, 11) is -1.29. The summed E-state index contributed by atoms with van der Waals surface area (Å²) in [6.45, 7) is 2.02. The molecule has 0 bridgehead atoms. The van der Waals surface area contributed by atoms with Gasteiger partial charge in [0.15, 0.2) is 0 Å². The molecule has 0 aliphatic rings. The summed E-state index contributed by atoms with van der Waals surface area (Å²) in [5, 5.41) is 2.02. The minimum absolute atomic E-state index is 0.177. The van der Waals surface area contributed by atoms with Crippen molar-refractivity contribution in [1.29, 1.82) is 0 Å². The number of aromatic nitrogens is 1. The van der Waals surface area contributed by atoms with Gasteiger partial charge in [0, 0.05) is 11.1 Å². The van der Waals surface area contributed by atoms with Gasteiger partial charge in [-0.2, -0.15) is 0 Å². The van der Waals surface area contributed by atoms with E-state index >= 15 is 0 Å². The molecule has 0 aliphatic carbocycles. The summed E-state index contributed by atoms with van der Waals surface area (Å²) in [6.07, 6.45) is 1.76. The first-order valence-corrected chi connectivity index (χ1v) is 8.96. The van der Waals surface area contributed by atoms with Gasteiger partial charge in [-0.25, -0.2) is 8.93 Å². The Kier molecular flexibility index (Phi) is 4.77. The fourth-order valence-electron chi connectivity index (χ4n) is 2.10. The number of nitrogens with zero attached hydrogens (tertiary/aromatic N) is 1. The highest BCUT2D eigenvalue weighted by molar-refractivity contribution is 7.83.